The van der Waals surface area contributed by atoms with Crippen LogP contribution in [0.5, 0.6) is 0 Å². The number of carbonyl (C=O) groups is 1. The summed E-state index contributed by atoms with van der Waals surface area (Å²) in [5, 5.41) is 5.67. The Kier molecular flexibility index (Phi) is 4.96. The Morgan fingerprint density at radius 2 is 1.70 bits per heavy atom. The van der Waals surface area contributed by atoms with Crippen LogP contribution in [0.4, 0.5) is 0 Å². The fourth-order valence-electron chi connectivity index (χ4n) is 2.69. The summed E-state index contributed by atoms with van der Waals surface area (Å²) in [5.41, 5.74) is 4.75. The molecule has 27 heavy (non-hydrogen) atoms. The molecular formula is C21H14ClN3OS. The van der Waals surface area contributed by atoms with Gasteiger partial charge >= 0.3 is 0 Å². The Balaban J connectivity index is 1.69. The number of rotatable bonds is 4. The van der Waals surface area contributed by atoms with Gasteiger partial charge in [0.15, 0.2) is 0 Å². The van der Waals surface area contributed by atoms with E-state index in [2.05, 4.69) is 15.5 Å². The molecule has 4 aromatic rings. The molecule has 0 aliphatic rings. The minimum Gasteiger partial charge on any atom is -0.266 e. The standard InChI is InChI=1S/C21H14ClN3OS/c22-18-15-10-4-5-12-17(15)27-20(18)21(26)25-24-19(14-8-2-1-3-9-14)16-11-6-7-13-23-16/h1-13H,(H,25,26)/b24-19-. The summed E-state index contributed by atoms with van der Waals surface area (Å²) in [6.45, 7) is 0. The number of nitrogens with zero attached hydrogens (tertiary/aromatic N) is 2. The predicted octanol–water partition coefficient (Wildman–Crippen LogP) is 5.13. The van der Waals surface area contributed by atoms with Crippen molar-refractivity contribution in [1.82, 2.24) is 10.4 Å². The van der Waals surface area contributed by atoms with Crippen LogP contribution in [-0.2, 0) is 0 Å². The summed E-state index contributed by atoms with van der Waals surface area (Å²) in [7, 11) is 0. The number of nitrogens with one attached hydrogen (secondary N) is 1. The Morgan fingerprint density at radius 1 is 0.963 bits per heavy atom. The zero-order valence-corrected chi connectivity index (χ0v) is 15.7. The van der Waals surface area contributed by atoms with Crippen LogP contribution in [0, 0.1) is 0 Å². The van der Waals surface area contributed by atoms with Crippen LogP contribution in [0.2, 0.25) is 5.02 Å². The van der Waals surface area contributed by atoms with Gasteiger partial charge in [-0.05, 0) is 18.2 Å². The van der Waals surface area contributed by atoms with Crippen LogP contribution in [0.3, 0.4) is 0 Å². The molecule has 0 aliphatic heterocycles. The van der Waals surface area contributed by atoms with Gasteiger partial charge in [0.1, 0.15) is 10.6 Å². The van der Waals surface area contributed by atoms with Gasteiger partial charge in [0, 0.05) is 21.8 Å². The number of fused-ring (bicyclic) bond motifs is 1. The minimum absolute atomic E-state index is 0.342. The van der Waals surface area contributed by atoms with Crippen molar-refractivity contribution in [2.75, 3.05) is 0 Å². The van der Waals surface area contributed by atoms with Gasteiger partial charge in [-0.25, -0.2) is 5.43 Å². The summed E-state index contributed by atoms with van der Waals surface area (Å²) >= 11 is 7.74. The minimum atomic E-state index is -0.342. The van der Waals surface area contributed by atoms with Gasteiger partial charge in [-0.3, -0.25) is 9.78 Å². The quantitative estimate of drug-likeness (QED) is 0.387. The number of hydrogen-bond donors (Lipinski definition) is 1. The van der Waals surface area contributed by atoms with Gasteiger partial charge in [-0.2, -0.15) is 5.10 Å². The second kappa shape index (κ2) is 7.70. The highest BCUT2D eigenvalue weighted by molar-refractivity contribution is 7.21. The van der Waals surface area contributed by atoms with E-state index in [9.17, 15) is 4.79 Å². The molecule has 1 N–H and O–H groups in total. The van der Waals surface area contributed by atoms with Crippen LogP contribution < -0.4 is 5.43 Å². The summed E-state index contributed by atoms with van der Waals surface area (Å²) in [6, 6.07) is 22.8. The monoisotopic (exact) mass is 391 g/mol. The number of hydrazone groups is 1. The molecule has 4 rings (SSSR count). The van der Waals surface area contributed by atoms with E-state index >= 15 is 0 Å². The first-order valence-electron chi connectivity index (χ1n) is 8.26. The molecule has 0 bridgehead atoms. The summed E-state index contributed by atoms with van der Waals surface area (Å²) in [5.74, 6) is -0.342. The molecule has 132 valence electrons. The zero-order valence-electron chi connectivity index (χ0n) is 14.1. The van der Waals surface area contributed by atoms with Gasteiger partial charge in [-0.1, -0.05) is 66.2 Å². The topological polar surface area (TPSA) is 54.4 Å². The highest BCUT2D eigenvalue weighted by atomic mass is 35.5. The number of halogens is 1. The molecule has 0 radical (unpaired) electrons. The van der Waals surface area contributed by atoms with E-state index in [1.807, 2.05) is 72.8 Å². The third-order valence-electron chi connectivity index (χ3n) is 3.97. The lowest BCUT2D eigenvalue weighted by Crippen LogP contribution is -2.20. The lowest BCUT2D eigenvalue weighted by atomic mass is 10.1. The third-order valence-corrected chi connectivity index (χ3v) is 5.64. The van der Waals surface area contributed by atoms with E-state index < -0.39 is 0 Å². The largest absolute Gasteiger partial charge is 0.283 e. The lowest BCUT2D eigenvalue weighted by Gasteiger charge is -2.06. The number of pyridine rings is 1. The van der Waals surface area contributed by atoms with E-state index in [-0.39, 0.29) is 5.91 Å². The number of aromatic nitrogens is 1. The van der Waals surface area contributed by atoms with E-state index in [0.29, 0.717) is 21.3 Å². The van der Waals surface area contributed by atoms with Crippen LogP contribution in [0.15, 0.2) is 84.1 Å². The molecule has 0 atom stereocenters. The van der Waals surface area contributed by atoms with Gasteiger partial charge in [-0.15, -0.1) is 11.3 Å². The van der Waals surface area contributed by atoms with Crippen LogP contribution in [0.1, 0.15) is 20.9 Å². The first-order valence-corrected chi connectivity index (χ1v) is 9.45. The van der Waals surface area contributed by atoms with Crippen LogP contribution in [0.25, 0.3) is 10.1 Å². The fraction of sp³-hybridized carbons (Fsp3) is 0. The van der Waals surface area contributed by atoms with Crippen molar-refractivity contribution >= 4 is 44.6 Å². The van der Waals surface area contributed by atoms with E-state index in [0.717, 1.165) is 15.6 Å². The summed E-state index contributed by atoms with van der Waals surface area (Å²) in [6.07, 6.45) is 1.69. The van der Waals surface area contributed by atoms with Crippen molar-refractivity contribution in [2.45, 2.75) is 0 Å². The second-order valence-corrected chi connectivity index (χ2v) is 7.15. The molecule has 4 nitrogen and oxygen atoms in total. The first kappa shape index (κ1) is 17.4. The van der Waals surface area contributed by atoms with Gasteiger partial charge in [0.2, 0.25) is 0 Å². The average molecular weight is 392 g/mol. The number of hydrogen-bond acceptors (Lipinski definition) is 4. The maximum absolute atomic E-state index is 12.7. The van der Waals surface area contributed by atoms with E-state index in [1.54, 1.807) is 6.20 Å². The van der Waals surface area contributed by atoms with Gasteiger partial charge in [0.05, 0.1) is 10.7 Å². The van der Waals surface area contributed by atoms with Gasteiger partial charge in [0.25, 0.3) is 5.91 Å². The maximum Gasteiger partial charge on any atom is 0.283 e. The fourth-order valence-corrected chi connectivity index (χ4v) is 4.09. The Hall–Kier alpha value is -3.02. The third kappa shape index (κ3) is 3.60. The van der Waals surface area contributed by atoms with Crippen molar-refractivity contribution in [1.29, 1.82) is 0 Å². The molecule has 2 aromatic heterocycles. The Bertz CT molecular complexity index is 1080. The number of carbonyl (C=O) groups excluding carboxylic acids is 1. The highest BCUT2D eigenvalue weighted by Crippen LogP contribution is 2.34. The summed E-state index contributed by atoms with van der Waals surface area (Å²) < 4.78 is 0.963. The molecule has 0 saturated carbocycles. The van der Waals surface area contributed by atoms with Crippen molar-refractivity contribution in [3.05, 3.63) is 100 Å². The normalized spacial score (nSPS) is 11.5. The Labute approximate surface area is 165 Å². The number of benzene rings is 2. The van der Waals surface area contributed by atoms with E-state index in [4.69, 9.17) is 11.6 Å². The molecule has 2 heterocycles. The van der Waals surface area contributed by atoms with Crippen molar-refractivity contribution in [3.8, 4) is 0 Å². The molecular weight excluding hydrogens is 378 g/mol. The SMILES string of the molecule is O=C(N/N=C(/c1ccccc1)c1ccccn1)c1sc2ccccc2c1Cl. The molecule has 2 aromatic carbocycles. The number of thiophene rings is 1. The van der Waals surface area contributed by atoms with Crippen LogP contribution >= 0.6 is 22.9 Å². The Morgan fingerprint density at radius 3 is 2.44 bits per heavy atom. The first-order chi connectivity index (χ1) is 13.2. The van der Waals surface area contributed by atoms with Crippen LogP contribution in [-0.4, -0.2) is 16.6 Å². The number of amides is 1. The predicted molar refractivity (Wildman–Crippen MR) is 111 cm³/mol. The lowest BCUT2D eigenvalue weighted by molar-refractivity contribution is 0.0959. The highest BCUT2D eigenvalue weighted by Gasteiger charge is 2.17. The average Bonchev–Trinajstić information content (AvgIpc) is 3.07. The molecule has 1 amide bonds. The molecule has 0 unspecified atom stereocenters. The molecule has 0 fully saturated rings. The zero-order chi connectivity index (χ0) is 18.6. The molecule has 6 heteroatoms. The second-order valence-electron chi connectivity index (χ2n) is 5.72. The maximum atomic E-state index is 12.7. The molecule has 0 aliphatic carbocycles. The van der Waals surface area contributed by atoms with Crippen molar-refractivity contribution in [2.24, 2.45) is 5.10 Å². The summed E-state index contributed by atoms with van der Waals surface area (Å²) in [4.78, 5) is 17.5. The van der Waals surface area contributed by atoms with Crippen molar-refractivity contribution in [3.63, 3.8) is 0 Å². The van der Waals surface area contributed by atoms with Gasteiger partial charge < -0.3 is 0 Å². The smallest absolute Gasteiger partial charge is 0.266 e. The molecule has 0 saturated heterocycles. The molecule has 0 spiro atoms. The van der Waals surface area contributed by atoms with Crippen molar-refractivity contribution < 1.29 is 4.79 Å². The van der Waals surface area contributed by atoms with E-state index in [1.165, 1.54) is 11.3 Å².